The summed E-state index contributed by atoms with van der Waals surface area (Å²) in [5, 5.41) is 0. The Morgan fingerprint density at radius 1 is 1.10 bits per heavy atom. The van der Waals surface area contributed by atoms with Crippen LogP contribution in [-0.2, 0) is 19.5 Å². The molecule has 0 unspecified atom stereocenters. The molecule has 1 aliphatic rings. The lowest BCUT2D eigenvalue weighted by Crippen LogP contribution is -2.11. The molecule has 0 saturated carbocycles. The molecule has 0 bridgehead atoms. The maximum atomic E-state index is 12.2. The summed E-state index contributed by atoms with van der Waals surface area (Å²) in [6, 6.07) is 10.4. The Bertz CT molecular complexity index is 716. The van der Waals surface area contributed by atoms with Crippen molar-refractivity contribution in [1.82, 2.24) is 0 Å². The third kappa shape index (κ3) is 3.26. The summed E-state index contributed by atoms with van der Waals surface area (Å²) in [5.74, 6) is 0. The van der Waals surface area contributed by atoms with Crippen LogP contribution in [0.1, 0.15) is 16.7 Å². The Morgan fingerprint density at radius 3 is 2.33 bits per heavy atom. The molecular formula is C14H15NO4S2. The molecule has 7 heteroatoms. The lowest BCUT2D eigenvalue weighted by Gasteiger charge is -2.11. The molecule has 1 aromatic carbocycles. The third-order valence-corrected chi connectivity index (χ3v) is 5.91. The van der Waals surface area contributed by atoms with Crippen molar-refractivity contribution < 1.29 is 17.9 Å². The lowest BCUT2D eigenvalue weighted by molar-refractivity contribution is -0.0441. The summed E-state index contributed by atoms with van der Waals surface area (Å²) in [6.45, 7) is 3.04. The molecule has 0 atom stereocenters. The second-order valence-electron chi connectivity index (χ2n) is 4.67. The van der Waals surface area contributed by atoms with E-state index in [9.17, 15) is 8.42 Å². The van der Waals surface area contributed by atoms with E-state index in [2.05, 4.69) is 4.72 Å². The standard InChI is InChI=1S/C14H15NO4S2/c1-10-2-7-13(20-10)21(16,17)15-12-5-3-11(4-6-12)14-18-8-9-19-14/h2-7,14-15H,8-9H2,1H3. The maximum Gasteiger partial charge on any atom is 0.271 e. The van der Waals surface area contributed by atoms with Crippen molar-refractivity contribution in [1.29, 1.82) is 0 Å². The van der Waals surface area contributed by atoms with E-state index < -0.39 is 10.0 Å². The van der Waals surface area contributed by atoms with Gasteiger partial charge in [-0.1, -0.05) is 12.1 Å². The van der Waals surface area contributed by atoms with Crippen molar-refractivity contribution in [2.45, 2.75) is 17.4 Å². The summed E-state index contributed by atoms with van der Waals surface area (Å²) in [7, 11) is -3.52. The van der Waals surface area contributed by atoms with E-state index in [0.29, 0.717) is 23.1 Å². The number of aryl methyl sites for hydroxylation is 1. The highest BCUT2D eigenvalue weighted by Gasteiger charge is 2.19. The van der Waals surface area contributed by atoms with Gasteiger partial charge >= 0.3 is 0 Å². The van der Waals surface area contributed by atoms with Crippen molar-refractivity contribution >= 4 is 27.0 Å². The first kappa shape index (κ1) is 14.5. The third-order valence-electron chi connectivity index (χ3n) is 3.04. The quantitative estimate of drug-likeness (QED) is 0.939. The maximum absolute atomic E-state index is 12.2. The van der Waals surface area contributed by atoms with E-state index in [0.717, 1.165) is 10.4 Å². The largest absolute Gasteiger partial charge is 0.346 e. The van der Waals surface area contributed by atoms with Crippen molar-refractivity contribution in [3.8, 4) is 0 Å². The zero-order valence-electron chi connectivity index (χ0n) is 11.4. The molecule has 1 aromatic heterocycles. The second-order valence-corrected chi connectivity index (χ2v) is 7.86. The topological polar surface area (TPSA) is 64.6 Å². The average molecular weight is 325 g/mol. The summed E-state index contributed by atoms with van der Waals surface area (Å²) >= 11 is 1.25. The fraction of sp³-hybridized carbons (Fsp3) is 0.286. The minimum absolute atomic E-state index is 0.312. The number of sulfonamides is 1. The molecule has 5 nitrogen and oxygen atoms in total. The van der Waals surface area contributed by atoms with E-state index in [-0.39, 0.29) is 6.29 Å². The van der Waals surface area contributed by atoms with Crippen molar-refractivity contribution in [3.63, 3.8) is 0 Å². The van der Waals surface area contributed by atoms with Gasteiger partial charge in [0.1, 0.15) is 4.21 Å². The molecule has 0 amide bonds. The first-order valence-corrected chi connectivity index (χ1v) is 8.77. The van der Waals surface area contributed by atoms with Gasteiger partial charge in [0.25, 0.3) is 10.0 Å². The minimum atomic E-state index is -3.52. The summed E-state index contributed by atoms with van der Waals surface area (Å²) < 4.78 is 38.1. The first-order chi connectivity index (χ1) is 10.0. The van der Waals surface area contributed by atoms with Crippen molar-refractivity contribution in [3.05, 3.63) is 46.8 Å². The molecule has 2 aromatic rings. The molecule has 1 N–H and O–H groups in total. The molecule has 0 aliphatic carbocycles. The van der Waals surface area contributed by atoms with Crippen LogP contribution in [0, 0.1) is 6.92 Å². The van der Waals surface area contributed by atoms with E-state index in [1.807, 2.05) is 6.92 Å². The van der Waals surface area contributed by atoms with E-state index in [1.165, 1.54) is 11.3 Å². The van der Waals surface area contributed by atoms with Gasteiger partial charge in [0.2, 0.25) is 0 Å². The van der Waals surface area contributed by atoms with Crippen LogP contribution in [0.4, 0.5) is 5.69 Å². The van der Waals surface area contributed by atoms with E-state index >= 15 is 0 Å². The van der Waals surface area contributed by atoms with E-state index in [1.54, 1.807) is 36.4 Å². The molecule has 0 spiro atoms. The van der Waals surface area contributed by atoms with Gasteiger partial charge < -0.3 is 9.47 Å². The molecule has 112 valence electrons. The van der Waals surface area contributed by atoms with Crippen molar-refractivity contribution in [2.24, 2.45) is 0 Å². The van der Waals surface area contributed by atoms with Gasteiger partial charge in [-0.2, -0.15) is 0 Å². The van der Waals surface area contributed by atoms with Crippen LogP contribution in [0.15, 0.2) is 40.6 Å². The molecule has 2 heterocycles. The molecule has 1 fully saturated rings. The van der Waals surface area contributed by atoms with E-state index in [4.69, 9.17) is 9.47 Å². The van der Waals surface area contributed by atoms with Crippen LogP contribution in [0.3, 0.4) is 0 Å². The Labute approximate surface area is 127 Å². The SMILES string of the molecule is Cc1ccc(S(=O)(=O)Nc2ccc(C3OCCO3)cc2)s1. The monoisotopic (exact) mass is 325 g/mol. The first-order valence-electron chi connectivity index (χ1n) is 6.47. The highest BCUT2D eigenvalue weighted by molar-refractivity contribution is 7.94. The molecular weight excluding hydrogens is 310 g/mol. The molecule has 1 saturated heterocycles. The molecule has 21 heavy (non-hydrogen) atoms. The van der Waals surface area contributed by atoms with Crippen LogP contribution in [0.25, 0.3) is 0 Å². The Kier molecular flexibility index (Phi) is 3.99. The van der Waals surface area contributed by atoms with Gasteiger partial charge in [-0.05, 0) is 31.2 Å². The van der Waals surface area contributed by atoms with Crippen LogP contribution in [0.5, 0.6) is 0 Å². The summed E-state index contributed by atoms with van der Waals surface area (Å²) in [6.07, 6.45) is -0.351. The number of anilines is 1. The second kappa shape index (κ2) is 5.76. The zero-order chi connectivity index (χ0) is 14.9. The predicted octanol–water partition coefficient (Wildman–Crippen LogP) is 2.90. The Hall–Kier alpha value is -1.41. The van der Waals surface area contributed by atoms with Crippen LogP contribution in [-0.4, -0.2) is 21.6 Å². The number of nitrogens with one attached hydrogen (secondary N) is 1. The van der Waals surface area contributed by atoms with Gasteiger partial charge in [0.15, 0.2) is 6.29 Å². The van der Waals surface area contributed by atoms with Crippen molar-refractivity contribution in [2.75, 3.05) is 17.9 Å². The minimum Gasteiger partial charge on any atom is -0.346 e. The van der Waals surface area contributed by atoms with Crippen LogP contribution in [0.2, 0.25) is 0 Å². The molecule has 1 aliphatic heterocycles. The van der Waals surface area contributed by atoms with Gasteiger partial charge in [0, 0.05) is 16.1 Å². The molecule has 3 rings (SSSR count). The Morgan fingerprint density at radius 2 is 1.76 bits per heavy atom. The number of hydrogen-bond acceptors (Lipinski definition) is 5. The Balaban J connectivity index is 1.75. The fourth-order valence-corrected chi connectivity index (χ4v) is 4.36. The molecule has 0 radical (unpaired) electrons. The van der Waals surface area contributed by atoms with Gasteiger partial charge in [-0.15, -0.1) is 11.3 Å². The van der Waals surface area contributed by atoms with Gasteiger partial charge in [-0.3, -0.25) is 4.72 Å². The lowest BCUT2D eigenvalue weighted by atomic mass is 10.2. The fourth-order valence-electron chi connectivity index (χ4n) is 2.02. The highest BCUT2D eigenvalue weighted by Crippen LogP contribution is 2.26. The van der Waals surface area contributed by atoms with Gasteiger partial charge in [-0.25, -0.2) is 8.42 Å². The smallest absolute Gasteiger partial charge is 0.271 e. The average Bonchev–Trinajstić information content (AvgIpc) is 3.10. The number of ether oxygens (including phenoxy) is 2. The normalized spacial score (nSPS) is 16.2. The van der Waals surface area contributed by atoms with Crippen LogP contribution >= 0.6 is 11.3 Å². The number of benzene rings is 1. The number of rotatable bonds is 4. The predicted molar refractivity (Wildman–Crippen MR) is 81.0 cm³/mol. The van der Waals surface area contributed by atoms with Crippen LogP contribution < -0.4 is 4.72 Å². The summed E-state index contributed by atoms with van der Waals surface area (Å²) in [5.41, 5.74) is 1.39. The highest BCUT2D eigenvalue weighted by atomic mass is 32.2. The van der Waals surface area contributed by atoms with Gasteiger partial charge in [0.05, 0.1) is 13.2 Å². The zero-order valence-corrected chi connectivity index (χ0v) is 13.0. The number of hydrogen-bond donors (Lipinski definition) is 1. The summed E-state index contributed by atoms with van der Waals surface area (Å²) in [4.78, 5) is 0.959. The number of thiophene rings is 1.